The maximum atomic E-state index is 4.02. The van der Waals surface area contributed by atoms with Gasteiger partial charge >= 0.3 is 0 Å². The van der Waals surface area contributed by atoms with Crippen molar-refractivity contribution in [1.29, 1.82) is 0 Å². The molecule has 0 spiro atoms. The number of hydrogen-bond donors (Lipinski definition) is 1. The van der Waals surface area contributed by atoms with Crippen LogP contribution in [0.3, 0.4) is 0 Å². The Hall–Kier alpha value is -1.15. The molecule has 1 aromatic heterocycles. The number of nitrogens with zero attached hydrogens (tertiary/aromatic N) is 1. The predicted octanol–water partition coefficient (Wildman–Crippen LogP) is 2.24. The fourth-order valence-electron chi connectivity index (χ4n) is 1.78. The van der Waals surface area contributed by atoms with Gasteiger partial charge in [0, 0.05) is 12.4 Å². The van der Waals surface area contributed by atoms with Gasteiger partial charge in [-0.05, 0) is 50.0 Å². The molecular weight excluding hydrogens is 172 g/mol. The van der Waals surface area contributed by atoms with Crippen molar-refractivity contribution in [3.63, 3.8) is 0 Å². The van der Waals surface area contributed by atoms with Gasteiger partial charge in [0.1, 0.15) is 0 Å². The molecule has 1 fully saturated rings. The van der Waals surface area contributed by atoms with E-state index in [1.54, 1.807) is 5.57 Å². The average molecular weight is 188 g/mol. The van der Waals surface area contributed by atoms with Crippen molar-refractivity contribution in [3.05, 3.63) is 35.7 Å². The number of aromatic nitrogens is 1. The molecule has 2 heteroatoms. The number of pyridine rings is 1. The summed E-state index contributed by atoms with van der Waals surface area (Å²) in [5.41, 5.74) is 2.83. The van der Waals surface area contributed by atoms with Gasteiger partial charge < -0.3 is 5.32 Å². The smallest absolute Gasteiger partial charge is 0.0273 e. The molecule has 0 bridgehead atoms. The highest BCUT2D eigenvalue weighted by Crippen LogP contribution is 2.15. The van der Waals surface area contributed by atoms with Crippen LogP contribution in [0.25, 0.3) is 6.08 Å². The van der Waals surface area contributed by atoms with E-state index in [2.05, 4.69) is 28.5 Å². The Balaban J connectivity index is 2.09. The molecule has 0 atom stereocenters. The summed E-state index contributed by atoms with van der Waals surface area (Å²) in [5, 5.41) is 3.41. The van der Waals surface area contributed by atoms with E-state index in [-0.39, 0.29) is 0 Å². The molecule has 0 amide bonds. The van der Waals surface area contributed by atoms with Crippen molar-refractivity contribution in [1.82, 2.24) is 10.3 Å². The quantitative estimate of drug-likeness (QED) is 0.731. The lowest BCUT2D eigenvalue weighted by Crippen LogP contribution is -2.13. The van der Waals surface area contributed by atoms with E-state index in [1.165, 1.54) is 24.8 Å². The summed E-state index contributed by atoms with van der Waals surface area (Å²) in [5.74, 6) is 0. The SMILES string of the molecule is C(=C1\CCCNCC1)/c1ccncc1. The minimum atomic E-state index is 1.12. The molecule has 2 heterocycles. The van der Waals surface area contributed by atoms with Gasteiger partial charge in [0.05, 0.1) is 0 Å². The molecule has 14 heavy (non-hydrogen) atoms. The van der Waals surface area contributed by atoms with Crippen LogP contribution < -0.4 is 5.32 Å². The van der Waals surface area contributed by atoms with Crippen LogP contribution >= 0.6 is 0 Å². The first-order chi connectivity index (χ1) is 6.95. The molecule has 1 aliphatic rings. The lowest BCUT2D eigenvalue weighted by atomic mass is 10.1. The Kier molecular flexibility index (Phi) is 3.30. The van der Waals surface area contributed by atoms with E-state index < -0.39 is 0 Å². The topological polar surface area (TPSA) is 24.9 Å². The fourth-order valence-corrected chi connectivity index (χ4v) is 1.78. The monoisotopic (exact) mass is 188 g/mol. The van der Waals surface area contributed by atoms with Gasteiger partial charge in [0.2, 0.25) is 0 Å². The first-order valence-corrected chi connectivity index (χ1v) is 5.25. The highest BCUT2D eigenvalue weighted by Gasteiger charge is 2.02. The van der Waals surface area contributed by atoms with E-state index in [1.807, 2.05) is 12.4 Å². The van der Waals surface area contributed by atoms with Gasteiger partial charge in [-0.1, -0.05) is 11.6 Å². The van der Waals surface area contributed by atoms with Gasteiger partial charge in [0.15, 0.2) is 0 Å². The van der Waals surface area contributed by atoms with Gasteiger partial charge in [-0.3, -0.25) is 4.98 Å². The van der Waals surface area contributed by atoms with Gasteiger partial charge in [-0.2, -0.15) is 0 Å². The molecule has 0 unspecified atom stereocenters. The van der Waals surface area contributed by atoms with Crippen LogP contribution in [-0.2, 0) is 0 Å². The molecule has 0 radical (unpaired) electrons. The third-order valence-electron chi connectivity index (χ3n) is 2.55. The molecule has 1 N–H and O–H groups in total. The Morgan fingerprint density at radius 1 is 1.14 bits per heavy atom. The summed E-state index contributed by atoms with van der Waals surface area (Å²) in [6.45, 7) is 2.28. The van der Waals surface area contributed by atoms with Crippen LogP contribution in [0.15, 0.2) is 30.1 Å². The van der Waals surface area contributed by atoms with E-state index in [0.717, 1.165) is 13.1 Å². The Labute approximate surface area is 85.1 Å². The van der Waals surface area contributed by atoms with Crippen molar-refractivity contribution in [2.75, 3.05) is 13.1 Å². The van der Waals surface area contributed by atoms with Crippen molar-refractivity contribution >= 4 is 6.08 Å². The lowest BCUT2D eigenvalue weighted by molar-refractivity contribution is 0.703. The maximum absolute atomic E-state index is 4.02. The molecule has 1 aliphatic heterocycles. The second-order valence-electron chi connectivity index (χ2n) is 3.69. The Morgan fingerprint density at radius 3 is 2.86 bits per heavy atom. The van der Waals surface area contributed by atoms with Crippen LogP contribution in [0.2, 0.25) is 0 Å². The largest absolute Gasteiger partial charge is 0.316 e. The zero-order valence-electron chi connectivity index (χ0n) is 8.37. The fraction of sp³-hybridized carbons (Fsp3) is 0.417. The summed E-state index contributed by atoms with van der Waals surface area (Å²) in [4.78, 5) is 4.02. The zero-order chi connectivity index (χ0) is 9.64. The number of hydrogen-bond acceptors (Lipinski definition) is 2. The van der Waals surface area contributed by atoms with E-state index in [4.69, 9.17) is 0 Å². The lowest BCUT2D eigenvalue weighted by Gasteiger charge is -2.01. The van der Waals surface area contributed by atoms with Crippen molar-refractivity contribution < 1.29 is 0 Å². The van der Waals surface area contributed by atoms with Crippen LogP contribution in [-0.4, -0.2) is 18.1 Å². The highest BCUT2D eigenvalue weighted by molar-refractivity contribution is 5.52. The van der Waals surface area contributed by atoms with Crippen molar-refractivity contribution in [2.24, 2.45) is 0 Å². The summed E-state index contributed by atoms with van der Waals surface area (Å²) in [6, 6.07) is 4.12. The molecular formula is C12H16N2. The van der Waals surface area contributed by atoms with Gasteiger partial charge in [-0.15, -0.1) is 0 Å². The minimum absolute atomic E-state index is 1.12. The average Bonchev–Trinajstić information content (AvgIpc) is 2.48. The maximum Gasteiger partial charge on any atom is 0.0273 e. The van der Waals surface area contributed by atoms with Crippen LogP contribution in [0, 0.1) is 0 Å². The van der Waals surface area contributed by atoms with Crippen molar-refractivity contribution in [3.8, 4) is 0 Å². The second-order valence-corrected chi connectivity index (χ2v) is 3.69. The number of rotatable bonds is 1. The molecule has 1 saturated heterocycles. The normalized spacial score (nSPS) is 20.7. The standard InChI is InChI=1S/C12H16N2/c1-2-11(3-7-13-6-1)10-12-4-8-14-9-5-12/h4-5,8-10,13H,1-3,6-7H2/b11-10-. The van der Waals surface area contributed by atoms with E-state index >= 15 is 0 Å². The third-order valence-corrected chi connectivity index (χ3v) is 2.55. The van der Waals surface area contributed by atoms with Crippen LogP contribution in [0.4, 0.5) is 0 Å². The summed E-state index contributed by atoms with van der Waals surface area (Å²) in [7, 11) is 0. The molecule has 0 aliphatic carbocycles. The molecule has 0 saturated carbocycles. The second kappa shape index (κ2) is 4.91. The molecule has 0 aromatic carbocycles. The minimum Gasteiger partial charge on any atom is -0.316 e. The Bertz CT molecular complexity index is 293. The first kappa shape index (κ1) is 9.41. The zero-order valence-corrected chi connectivity index (χ0v) is 8.37. The predicted molar refractivity (Wildman–Crippen MR) is 58.9 cm³/mol. The number of nitrogens with one attached hydrogen (secondary N) is 1. The third kappa shape index (κ3) is 2.67. The Morgan fingerprint density at radius 2 is 2.00 bits per heavy atom. The van der Waals surface area contributed by atoms with E-state index in [9.17, 15) is 0 Å². The van der Waals surface area contributed by atoms with Crippen LogP contribution in [0.1, 0.15) is 24.8 Å². The van der Waals surface area contributed by atoms with Gasteiger partial charge in [0.25, 0.3) is 0 Å². The van der Waals surface area contributed by atoms with E-state index in [0.29, 0.717) is 0 Å². The highest BCUT2D eigenvalue weighted by atomic mass is 14.8. The van der Waals surface area contributed by atoms with Crippen LogP contribution in [0.5, 0.6) is 0 Å². The first-order valence-electron chi connectivity index (χ1n) is 5.25. The molecule has 74 valence electrons. The molecule has 2 nitrogen and oxygen atoms in total. The summed E-state index contributed by atoms with van der Waals surface area (Å²) in [6.07, 6.45) is 9.67. The van der Waals surface area contributed by atoms with Crippen molar-refractivity contribution in [2.45, 2.75) is 19.3 Å². The summed E-state index contributed by atoms with van der Waals surface area (Å²) >= 11 is 0. The summed E-state index contributed by atoms with van der Waals surface area (Å²) < 4.78 is 0. The molecule has 2 rings (SSSR count). The van der Waals surface area contributed by atoms with Gasteiger partial charge in [-0.25, -0.2) is 0 Å². The molecule has 1 aromatic rings.